The van der Waals surface area contributed by atoms with Crippen molar-refractivity contribution in [2.45, 2.75) is 13.5 Å². The van der Waals surface area contributed by atoms with E-state index in [-0.39, 0.29) is 5.91 Å². The zero-order valence-electron chi connectivity index (χ0n) is 16.1. The summed E-state index contributed by atoms with van der Waals surface area (Å²) in [5.41, 5.74) is 6.41. The minimum absolute atomic E-state index is 0.284. The average Bonchev–Trinajstić information content (AvgIpc) is 3.06. The van der Waals surface area contributed by atoms with Gasteiger partial charge in [-0.05, 0) is 64.8 Å². The summed E-state index contributed by atoms with van der Waals surface area (Å²) in [4.78, 5) is 12.3. The molecule has 1 N–H and O–H groups in total. The summed E-state index contributed by atoms with van der Waals surface area (Å²) in [5.74, 6) is 0.387. The first-order chi connectivity index (χ1) is 14.1. The van der Waals surface area contributed by atoms with Crippen molar-refractivity contribution < 1.29 is 9.53 Å². The number of carbonyl (C=O) groups is 1. The molecule has 6 heteroatoms. The van der Waals surface area contributed by atoms with E-state index in [1.54, 1.807) is 31.5 Å². The molecule has 0 aliphatic carbocycles. The second-order valence-corrected chi connectivity index (χ2v) is 7.44. The molecule has 1 aromatic heterocycles. The molecular formula is C23H20BrN3O2. The van der Waals surface area contributed by atoms with Crippen molar-refractivity contribution in [3.05, 3.63) is 76.3 Å². The molecule has 4 aromatic rings. The molecule has 0 aliphatic rings. The molecule has 4 rings (SSSR count). The Hall–Kier alpha value is -3.12. The van der Waals surface area contributed by atoms with Crippen molar-refractivity contribution >= 4 is 49.9 Å². The lowest BCUT2D eigenvalue weighted by Gasteiger charge is -2.05. The van der Waals surface area contributed by atoms with Crippen molar-refractivity contribution in [3.63, 3.8) is 0 Å². The zero-order chi connectivity index (χ0) is 20.4. The van der Waals surface area contributed by atoms with Gasteiger partial charge >= 0.3 is 0 Å². The first-order valence-electron chi connectivity index (χ1n) is 9.30. The minimum atomic E-state index is -0.284. The number of nitrogens with zero attached hydrogens (tertiary/aromatic N) is 2. The topological polar surface area (TPSA) is 55.6 Å². The average molecular weight is 450 g/mol. The normalized spacial score (nSPS) is 11.4. The van der Waals surface area contributed by atoms with E-state index in [1.807, 2.05) is 6.07 Å². The number of para-hydroxylation sites is 1. The Labute approximate surface area is 177 Å². The number of aromatic nitrogens is 1. The second-order valence-electron chi connectivity index (χ2n) is 6.59. The summed E-state index contributed by atoms with van der Waals surface area (Å²) >= 11 is 3.39. The van der Waals surface area contributed by atoms with Crippen LogP contribution in [-0.2, 0) is 6.54 Å². The Morgan fingerprint density at radius 1 is 1.10 bits per heavy atom. The number of halogens is 1. The number of amides is 1. The van der Waals surface area contributed by atoms with Crippen LogP contribution in [0.25, 0.3) is 21.8 Å². The maximum Gasteiger partial charge on any atom is 0.271 e. The van der Waals surface area contributed by atoms with Crippen LogP contribution in [0.5, 0.6) is 5.75 Å². The lowest BCUT2D eigenvalue weighted by molar-refractivity contribution is 0.0955. The Kier molecular flexibility index (Phi) is 5.36. The van der Waals surface area contributed by atoms with Gasteiger partial charge in [-0.3, -0.25) is 4.79 Å². The van der Waals surface area contributed by atoms with Gasteiger partial charge in [0.25, 0.3) is 5.91 Å². The lowest BCUT2D eigenvalue weighted by Crippen LogP contribution is -2.17. The van der Waals surface area contributed by atoms with Gasteiger partial charge in [0.15, 0.2) is 0 Å². The zero-order valence-corrected chi connectivity index (χ0v) is 17.7. The molecule has 1 amide bonds. The molecular weight excluding hydrogens is 430 g/mol. The maximum atomic E-state index is 12.3. The Morgan fingerprint density at radius 3 is 2.66 bits per heavy atom. The summed E-state index contributed by atoms with van der Waals surface area (Å²) in [7, 11) is 1.58. The number of carbonyl (C=O) groups excluding carboxylic acids is 1. The molecule has 1 heterocycles. The molecule has 0 saturated heterocycles. The van der Waals surface area contributed by atoms with Crippen LogP contribution in [0.2, 0.25) is 0 Å². The fraction of sp³-hybridized carbons (Fsp3) is 0.130. The Bertz CT molecular complexity index is 1240. The minimum Gasteiger partial charge on any atom is -0.496 e. The first kappa shape index (κ1) is 19.2. The van der Waals surface area contributed by atoms with Gasteiger partial charge < -0.3 is 9.30 Å². The second kappa shape index (κ2) is 8.09. The van der Waals surface area contributed by atoms with Crippen molar-refractivity contribution in [1.82, 2.24) is 9.99 Å². The van der Waals surface area contributed by atoms with E-state index in [9.17, 15) is 4.79 Å². The highest BCUT2D eigenvalue weighted by Gasteiger charge is 2.10. The van der Waals surface area contributed by atoms with E-state index in [0.29, 0.717) is 11.3 Å². The fourth-order valence-corrected chi connectivity index (χ4v) is 4.07. The standard InChI is InChI=1S/C23H20BrN3O2/c1-3-27-20-7-5-4-6-17(20)18-12-15(8-10-21(18)27)14-25-26-23(28)16-9-11-22(29-2)19(24)13-16/h4-14H,3H2,1-2H3,(H,26,28)/b25-14+. The predicted octanol–water partition coefficient (Wildman–Crippen LogP) is 5.35. The van der Waals surface area contributed by atoms with Crippen molar-refractivity contribution in [2.75, 3.05) is 7.11 Å². The fourth-order valence-electron chi connectivity index (χ4n) is 3.53. The first-order valence-corrected chi connectivity index (χ1v) is 10.1. The van der Waals surface area contributed by atoms with Gasteiger partial charge in [-0.2, -0.15) is 5.10 Å². The van der Waals surface area contributed by atoms with Crippen molar-refractivity contribution in [1.29, 1.82) is 0 Å². The molecule has 5 nitrogen and oxygen atoms in total. The van der Waals surface area contributed by atoms with Crippen molar-refractivity contribution in [2.24, 2.45) is 5.10 Å². The van der Waals surface area contributed by atoms with Gasteiger partial charge in [0, 0.05) is 33.9 Å². The van der Waals surface area contributed by atoms with E-state index in [2.05, 4.69) is 74.3 Å². The summed E-state index contributed by atoms with van der Waals surface area (Å²) in [6.45, 7) is 3.05. The Morgan fingerprint density at radius 2 is 1.90 bits per heavy atom. The molecule has 0 saturated carbocycles. The SMILES string of the molecule is CCn1c2ccccc2c2cc(/C=N/NC(=O)c3ccc(OC)c(Br)c3)ccc21. The van der Waals surface area contributed by atoms with E-state index < -0.39 is 0 Å². The van der Waals surface area contributed by atoms with Gasteiger partial charge in [-0.25, -0.2) is 5.43 Å². The summed E-state index contributed by atoms with van der Waals surface area (Å²) in [5, 5.41) is 6.52. The highest BCUT2D eigenvalue weighted by Crippen LogP contribution is 2.29. The number of methoxy groups -OCH3 is 1. The molecule has 0 unspecified atom stereocenters. The van der Waals surface area contributed by atoms with Crippen LogP contribution in [0.15, 0.2) is 70.2 Å². The van der Waals surface area contributed by atoms with Crippen molar-refractivity contribution in [3.8, 4) is 5.75 Å². The number of ether oxygens (including phenoxy) is 1. The molecule has 0 spiro atoms. The molecule has 0 fully saturated rings. The van der Waals surface area contributed by atoms with Gasteiger partial charge in [-0.15, -0.1) is 0 Å². The quantitative estimate of drug-likeness (QED) is 0.329. The molecule has 0 aliphatic heterocycles. The van der Waals surface area contributed by atoms with Gasteiger partial charge in [0.05, 0.1) is 17.8 Å². The van der Waals surface area contributed by atoms with E-state index in [0.717, 1.165) is 16.6 Å². The number of hydrogen-bond acceptors (Lipinski definition) is 3. The third kappa shape index (κ3) is 3.63. The van der Waals surface area contributed by atoms with Gasteiger partial charge in [0.1, 0.15) is 5.75 Å². The van der Waals surface area contributed by atoms with Gasteiger partial charge in [-0.1, -0.05) is 24.3 Å². The maximum absolute atomic E-state index is 12.3. The molecule has 3 aromatic carbocycles. The van der Waals surface area contributed by atoms with Crippen LogP contribution >= 0.6 is 15.9 Å². The molecule has 0 radical (unpaired) electrons. The largest absolute Gasteiger partial charge is 0.496 e. The van der Waals surface area contributed by atoms with Crippen LogP contribution in [0.4, 0.5) is 0 Å². The van der Waals surface area contributed by atoms with Crippen LogP contribution in [0.3, 0.4) is 0 Å². The molecule has 0 atom stereocenters. The number of hydrazone groups is 1. The van der Waals surface area contributed by atoms with E-state index in [1.165, 1.54) is 21.8 Å². The van der Waals surface area contributed by atoms with Crippen LogP contribution in [-0.4, -0.2) is 23.8 Å². The van der Waals surface area contributed by atoms with Crippen LogP contribution in [0, 0.1) is 0 Å². The number of hydrogen-bond donors (Lipinski definition) is 1. The van der Waals surface area contributed by atoms with Crippen LogP contribution in [0.1, 0.15) is 22.8 Å². The Balaban J connectivity index is 1.58. The third-order valence-corrected chi connectivity index (χ3v) is 5.53. The number of benzene rings is 3. The number of rotatable bonds is 5. The third-order valence-electron chi connectivity index (χ3n) is 4.91. The number of nitrogens with one attached hydrogen (secondary N) is 1. The summed E-state index contributed by atoms with van der Waals surface area (Å²) in [6, 6.07) is 19.7. The monoisotopic (exact) mass is 449 g/mol. The summed E-state index contributed by atoms with van der Waals surface area (Å²) in [6.07, 6.45) is 1.66. The number of fused-ring (bicyclic) bond motifs is 3. The number of aryl methyl sites for hydroxylation is 1. The van der Waals surface area contributed by atoms with Crippen LogP contribution < -0.4 is 10.2 Å². The van der Waals surface area contributed by atoms with Gasteiger partial charge in [0.2, 0.25) is 0 Å². The highest BCUT2D eigenvalue weighted by molar-refractivity contribution is 9.10. The van der Waals surface area contributed by atoms with E-state index >= 15 is 0 Å². The highest BCUT2D eigenvalue weighted by atomic mass is 79.9. The predicted molar refractivity (Wildman–Crippen MR) is 121 cm³/mol. The molecule has 29 heavy (non-hydrogen) atoms. The molecule has 0 bridgehead atoms. The van der Waals surface area contributed by atoms with E-state index in [4.69, 9.17) is 4.74 Å². The smallest absolute Gasteiger partial charge is 0.271 e. The lowest BCUT2D eigenvalue weighted by atomic mass is 10.1. The molecule has 146 valence electrons. The summed E-state index contributed by atoms with van der Waals surface area (Å²) < 4.78 is 8.20.